The topological polar surface area (TPSA) is 38.7 Å². The van der Waals surface area contributed by atoms with Crippen LogP contribution in [-0.4, -0.2) is 18.1 Å². The fraction of sp³-hybridized carbons (Fsp3) is 0.111. The number of aliphatic imine (C=N–C) groups is 1. The lowest BCUT2D eigenvalue weighted by Crippen LogP contribution is -2.04. The lowest BCUT2D eigenvalue weighted by atomic mass is 10.3. The summed E-state index contributed by atoms with van der Waals surface area (Å²) in [5.74, 6) is 0. The van der Waals surface area contributed by atoms with E-state index in [4.69, 9.17) is 4.74 Å². The number of hydrogen-bond donors (Lipinski definition) is 0. The maximum absolute atomic E-state index is 11.2. The number of carbonyl (C=O) groups is 1. The normalized spacial score (nSPS) is 15.5. The molecule has 2 rings (SSSR count). The van der Waals surface area contributed by atoms with Crippen molar-refractivity contribution in [3.8, 4) is 0 Å². The number of nitrogens with zero attached hydrogens (tertiary/aromatic N) is 1. The number of carbonyl (C=O) groups excluding carboxylic acids is 1. The summed E-state index contributed by atoms with van der Waals surface area (Å²) in [5.41, 5.74) is 0.778. The van der Waals surface area contributed by atoms with E-state index < -0.39 is 0 Å². The Morgan fingerprint density at radius 1 is 1.38 bits per heavy atom. The average Bonchev–Trinajstić information content (AvgIpc) is 2.11. The maximum Gasteiger partial charge on any atom is 0.231 e. The summed E-state index contributed by atoms with van der Waals surface area (Å²) in [5, 5.41) is -0.00130. The zero-order valence-corrected chi connectivity index (χ0v) is 7.58. The van der Waals surface area contributed by atoms with Crippen LogP contribution >= 0.6 is 11.8 Å². The van der Waals surface area contributed by atoms with Gasteiger partial charge in [0, 0.05) is 4.90 Å². The van der Waals surface area contributed by atoms with Gasteiger partial charge in [-0.2, -0.15) is 0 Å². The fourth-order valence-electron chi connectivity index (χ4n) is 1.00. The van der Waals surface area contributed by atoms with Crippen molar-refractivity contribution in [2.45, 2.75) is 4.90 Å². The highest BCUT2D eigenvalue weighted by Gasteiger charge is 2.10. The van der Waals surface area contributed by atoms with E-state index >= 15 is 0 Å². The zero-order chi connectivity index (χ0) is 9.10. The summed E-state index contributed by atoms with van der Waals surface area (Å²) < 4.78 is 4.88. The quantitative estimate of drug-likeness (QED) is 0.632. The van der Waals surface area contributed by atoms with Crippen LogP contribution in [0.5, 0.6) is 0 Å². The molecule has 1 aromatic carbocycles. The number of thioether (sulfide) groups is 1. The lowest BCUT2D eigenvalue weighted by molar-refractivity contribution is -0.112. The highest BCUT2D eigenvalue weighted by molar-refractivity contribution is 8.13. The Balaban J connectivity index is 2.41. The molecule has 1 heterocycles. The summed E-state index contributed by atoms with van der Waals surface area (Å²) in [7, 11) is 0. The van der Waals surface area contributed by atoms with Crippen LogP contribution in [0.2, 0.25) is 0 Å². The molecular weight excluding hydrogens is 186 g/mol. The first-order chi connectivity index (χ1) is 6.36. The van der Waals surface area contributed by atoms with Gasteiger partial charge in [0.05, 0.1) is 5.69 Å². The highest BCUT2D eigenvalue weighted by Crippen LogP contribution is 2.30. The van der Waals surface area contributed by atoms with Gasteiger partial charge in [0.15, 0.2) is 13.0 Å². The molecule has 0 radical (unpaired) electrons. The van der Waals surface area contributed by atoms with Gasteiger partial charge in [-0.25, -0.2) is 4.99 Å². The van der Waals surface area contributed by atoms with Crippen LogP contribution in [0.25, 0.3) is 0 Å². The molecule has 0 N–H and O–H groups in total. The predicted molar refractivity (Wildman–Crippen MR) is 51.4 cm³/mol. The average molecular weight is 193 g/mol. The molecule has 0 spiro atoms. The van der Waals surface area contributed by atoms with Crippen LogP contribution in [-0.2, 0) is 9.53 Å². The molecule has 1 aromatic rings. The van der Waals surface area contributed by atoms with Crippen molar-refractivity contribution in [3.63, 3.8) is 0 Å². The fourth-order valence-corrected chi connectivity index (χ4v) is 1.75. The van der Waals surface area contributed by atoms with E-state index in [-0.39, 0.29) is 11.7 Å². The van der Waals surface area contributed by atoms with Gasteiger partial charge < -0.3 is 4.74 Å². The van der Waals surface area contributed by atoms with Gasteiger partial charge >= 0.3 is 0 Å². The third kappa shape index (κ3) is 1.89. The first-order valence-electron chi connectivity index (χ1n) is 3.80. The molecular formula is C9H7NO2S. The minimum Gasteiger partial charge on any atom is -0.474 e. The number of fused-ring (bicyclic) bond motifs is 1. The van der Waals surface area contributed by atoms with E-state index in [1.165, 1.54) is 18.2 Å². The maximum atomic E-state index is 11.2. The van der Waals surface area contributed by atoms with Crippen LogP contribution in [0.1, 0.15) is 0 Å². The molecule has 0 amide bonds. The van der Waals surface area contributed by atoms with Crippen molar-refractivity contribution in [1.82, 2.24) is 0 Å². The Kier molecular flexibility index (Phi) is 2.31. The van der Waals surface area contributed by atoms with Crippen LogP contribution in [0.4, 0.5) is 5.69 Å². The SMILES string of the molecule is O=C1COC=Nc2ccccc2S1. The third-order valence-corrected chi connectivity index (χ3v) is 2.47. The Morgan fingerprint density at radius 2 is 2.23 bits per heavy atom. The Bertz CT molecular complexity index is 362. The van der Waals surface area contributed by atoms with E-state index in [1.54, 1.807) is 0 Å². The van der Waals surface area contributed by atoms with Crippen molar-refractivity contribution in [2.24, 2.45) is 4.99 Å². The molecule has 0 saturated heterocycles. The molecule has 0 aliphatic carbocycles. The number of rotatable bonds is 0. The zero-order valence-electron chi connectivity index (χ0n) is 6.77. The highest BCUT2D eigenvalue weighted by atomic mass is 32.2. The second-order valence-corrected chi connectivity index (χ2v) is 3.59. The van der Waals surface area contributed by atoms with Crippen molar-refractivity contribution >= 4 is 29.0 Å². The monoisotopic (exact) mass is 193 g/mol. The van der Waals surface area contributed by atoms with Crippen LogP contribution in [0.15, 0.2) is 34.2 Å². The molecule has 0 saturated carbocycles. The van der Waals surface area contributed by atoms with Gasteiger partial charge in [0.2, 0.25) is 5.12 Å². The number of hydrogen-bond acceptors (Lipinski definition) is 4. The lowest BCUT2D eigenvalue weighted by Gasteiger charge is -2.06. The van der Waals surface area contributed by atoms with Gasteiger partial charge in [0.1, 0.15) is 0 Å². The predicted octanol–water partition coefficient (Wildman–Crippen LogP) is 2.00. The summed E-state index contributed by atoms with van der Waals surface area (Å²) >= 11 is 1.17. The van der Waals surface area contributed by atoms with Crippen molar-refractivity contribution in [3.05, 3.63) is 24.3 Å². The smallest absolute Gasteiger partial charge is 0.231 e. The van der Waals surface area contributed by atoms with Gasteiger partial charge in [-0.15, -0.1) is 0 Å². The van der Waals surface area contributed by atoms with Crippen molar-refractivity contribution < 1.29 is 9.53 Å². The molecule has 1 aliphatic heterocycles. The largest absolute Gasteiger partial charge is 0.474 e. The Morgan fingerprint density at radius 3 is 3.15 bits per heavy atom. The second-order valence-electron chi connectivity index (χ2n) is 2.49. The number of benzene rings is 1. The van der Waals surface area contributed by atoms with E-state index in [1.807, 2.05) is 24.3 Å². The summed E-state index contributed by atoms with van der Waals surface area (Å²) in [4.78, 5) is 16.1. The van der Waals surface area contributed by atoms with Crippen molar-refractivity contribution in [1.29, 1.82) is 0 Å². The molecule has 0 unspecified atom stereocenters. The standard InChI is InChI=1S/C9H7NO2S/c11-9-5-12-6-10-7-3-1-2-4-8(7)13-9/h1-4,6H,5H2. The van der Waals surface area contributed by atoms with Crippen LogP contribution in [0, 0.1) is 0 Å². The molecule has 3 nitrogen and oxygen atoms in total. The van der Waals surface area contributed by atoms with Gasteiger partial charge in [-0.1, -0.05) is 12.1 Å². The first-order valence-corrected chi connectivity index (χ1v) is 4.62. The van der Waals surface area contributed by atoms with E-state index in [9.17, 15) is 4.79 Å². The van der Waals surface area contributed by atoms with Crippen LogP contribution in [0.3, 0.4) is 0 Å². The molecule has 13 heavy (non-hydrogen) atoms. The summed E-state index contributed by atoms with van der Waals surface area (Å²) in [6.07, 6.45) is 1.32. The van der Waals surface area contributed by atoms with E-state index in [2.05, 4.69) is 4.99 Å². The molecule has 0 aromatic heterocycles. The van der Waals surface area contributed by atoms with Crippen LogP contribution < -0.4 is 0 Å². The number of para-hydroxylation sites is 1. The number of ether oxygens (including phenoxy) is 1. The molecule has 1 aliphatic rings. The minimum absolute atomic E-state index is 0.00130. The second kappa shape index (κ2) is 3.62. The van der Waals surface area contributed by atoms with Crippen molar-refractivity contribution in [2.75, 3.05) is 6.61 Å². The van der Waals surface area contributed by atoms with E-state index in [0.29, 0.717) is 0 Å². The van der Waals surface area contributed by atoms with Gasteiger partial charge in [-0.05, 0) is 23.9 Å². The summed E-state index contributed by atoms with van der Waals surface area (Å²) in [6.45, 7) is 0.0858. The minimum atomic E-state index is -0.00130. The van der Waals surface area contributed by atoms with Gasteiger partial charge in [-0.3, -0.25) is 4.79 Å². The van der Waals surface area contributed by atoms with Gasteiger partial charge in [0.25, 0.3) is 0 Å². The molecule has 0 fully saturated rings. The Labute approximate surface area is 79.8 Å². The molecule has 0 bridgehead atoms. The van der Waals surface area contributed by atoms with E-state index in [0.717, 1.165) is 10.6 Å². The first kappa shape index (κ1) is 8.31. The molecule has 4 heteroatoms. The molecule has 0 atom stereocenters. The third-order valence-electron chi connectivity index (χ3n) is 1.56. The molecule has 66 valence electrons. The summed E-state index contributed by atoms with van der Waals surface area (Å²) in [6, 6.07) is 7.49. The Hall–Kier alpha value is -1.29.